The van der Waals surface area contributed by atoms with Crippen LogP contribution in [-0.4, -0.2) is 78.6 Å². The first kappa shape index (κ1) is 40.1. The maximum atomic E-state index is 14.0. The van der Waals surface area contributed by atoms with Gasteiger partial charge in [0.1, 0.15) is 11.6 Å². The SMILES string of the molecule is CC(C)(C)[C@H](NC(=O)C1(CO)OC2CCC1CC2)c1ncc(-c2ccc(-c3ccc(-c4cnc([C@@H](NC(=O)C5(CO)OC6CCC7CCC765)C(C)(C)C)[nH]4)cc3)cc2)[nH]1. The molecule has 6 fully saturated rings. The molecule has 10 rings (SSSR count). The number of aliphatic hydroxyl groups excluding tert-OH is 2. The number of amides is 2. The largest absolute Gasteiger partial charge is 0.393 e. The summed E-state index contributed by atoms with van der Waals surface area (Å²) in [6, 6.07) is 15.8. The lowest BCUT2D eigenvalue weighted by atomic mass is 9.49. The summed E-state index contributed by atoms with van der Waals surface area (Å²) in [4.78, 5) is 44.3. The number of ether oxygens (including phenoxy) is 2. The molecule has 5 heterocycles. The monoisotopic (exact) mass is 804 g/mol. The molecule has 2 bridgehead atoms. The molecule has 6 N–H and O–H groups in total. The number of imidazole rings is 2. The number of rotatable bonds is 11. The zero-order valence-electron chi connectivity index (χ0n) is 35.2. The van der Waals surface area contributed by atoms with E-state index in [1.165, 1.54) is 0 Å². The number of aromatic amines is 2. The Hall–Kier alpha value is -4.36. The second kappa shape index (κ2) is 14.4. The minimum atomic E-state index is -1.21. The van der Waals surface area contributed by atoms with Crippen molar-refractivity contribution in [1.29, 1.82) is 0 Å². The molecule has 2 aromatic heterocycles. The van der Waals surface area contributed by atoms with Gasteiger partial charge < -0.3 is 40.3 Å². The van der Waals surface area contributed by atoms with E-state index in [0.29, 0.717) is 17.6 Å². The number of hydrogen-bond acceptors (Lipinski definition) is 8. The molecule has 314 valence electrons. The fraction of sp³-hybridized carbons (Fsp3) is 0.574. The molecule has 2 amide bonds. The lowest BCUT2D eigenvalue weighted by Crippen LogP contribution is -2.79. The highest BCUT2D eigenvalue weighted by molar-refractivity contribution is 5.89. The number of hydrogen-bond donors (Lipinski definition) is 6. The van der Waals surface area contributed by atoms with Crippen molar-refractivity contribution in [2.45, 2.75) is 128 Å². The summed E-state index contributed by atoms with van der Waals surface area (Å²) in [5, 5.41) is 27.5. The smallest absolute Gasteiger partial charge is 0.255 e. The molecule has 59 heavy (non-hydrogen) atoms. The summed E-state index contributed by atoms with van der Waals surface area (Å²) in [5.41, 5.74) is 2.40. The normalized spacial score (nSPS) is 30.7. The number of aliphatic hydroxyl groups is 2. The first-order chi connectivity index (χ1) is 28.1. The Labute approximate surface area is 346 Å². The standard InChI is InChI=1S/C47H60N6O6/c1-43(2,3)37(52-41(56)46(25-54)32-15-18-33(58-46)19-16-32)39-48-23-34(50-39)29-11-7-27(8-12-29)28-9-13-30(14-10-28)35-24-49-40(51-35)38(44(4,5)6)53-42(57)47(26-55)45-22-21-31(45)17-20-36(45)59-47/h7-14,23-24,31-33,36-38,54-55H,15-22,25-26H2,1-6H3,(H,48,50)(H,49,51)(H,52,56)(H,53,57)/t31?,32?,33?,36?,37-,38-,45?,46?,47?/m1/s1. The summed E-state index contributed by atoms with van der Waals surface area (Å²) in [6.45, 7) is 11.8. The van der Waals surface area contributed by atoms with Crippen LogP contribution in [0.2, 0.25) is 0 Å². The maximum Gasteiger partial charge on any atom is 0.255 e. The summed E-state index contributed by atoms with van der Waals surface area (Å²) >= 11 is 0. The fourth-order valence-corrected chi connectivity index (χ4v) is 11.2. The van der Waals surface area contributed by atoms with Crippen molar-refractivity contribution in [3.05, 3.63) is 72.6 Å². The average molecular weight is 805 g/mol. The van der Waals surface area contributed by atoms with Gasteiger partial charge in [0.25, 0.3) is 11.8 Å². The van der Waals surface area contributed by atoms with E-state index >= 15 is 0 Å². The fourth-order valence-electron chi connectivity index (χ4n) is 11.2. The topological polar surface area (TPSA) is 174 Å². The summed E-state index contributed by atoms with van der Waals surface area (Å²) in [6.07, 6.45) is 11.4. The minimum Gasteiger partial charge on any atom is -0.393 e. The molecule has 4 aromatic rings. The minimum absolute atomic E-state index is 0.00819. The number of nitrogens with one attached hydrogen (secondary N) is 4. The van der Waals surface area contributed by atoms with Crippen LogP contribution >= 0.6 is 0 Å². The van der Waals surface area contributed by atoms with E-state index in [1.54, 1.807) is 6.20 Å². The molecule has 7 atom stereocenters. The number of fused-ring (bicyclic) bond motifs is 3. The Morgan fingerprint density at radius 1 is 0.678 bits per heavy atom. The van der Waals surface area contributed by atoms with Gasteiger partial charge in [-0.2, -0.15) is 0 Å². The molecule has 12 heteroatoms. The van der Waals surface area contributed by atoms with E-state index in [4.69, 9.17) is 19.4 Å². The van der Waals surface area contributed by atoms with Gasteiger partial charge >= 0.3 is 0 Å². The van der Waals surface area contributed by atoms with E-state index in [0.717, 1.165) is 85.0 Å². The first-order valence-corrected chi connectivity index (χ1v) is 21.6. The summed E-state index contributed by atoms with van der Waals surface area (Å²) < 4.78 is 12.5. The van der Waals surface area contributed by atoms with E-state index < -0.39 is 23.3 Å². The maximum absolute atomic E-state index is 14.0. The van der Waals surface area contributed by atoms with Crippen molar-refractivity contribution < 1.29 is 29.3 Å². The van der Waals surface area contributed by atoms with Crippen LogP contribution < -0.4 is 10.6 Å². The molecule has 1 spiro atoms. The lowest BCUT2D eigenvalue weighted by molar-refractivity contribution is -0.340. The van der Waals surface area contributed by atoms with Crippen molar-refractivity contribution in [2.24, 2.45) is 28.1 Å². The molecule has 3 saturated heterocycles. The second-order valence-corrected chi connectivity index (χ2v) is 20.1. The predicted octanol–water partition coefficient (Wildman–Crippen LogP) is 7.18. The highest BCUT2D eigenvalue weighted by Crippen LogP contribution is 2.71. The van der Waals surface area contributed by atoms with Gasteiger partial charge in [-0.3, -0.25) is 9.59 Å². The van der Waals surface area contributed by atoms with Crippen molar-refractivity contribution >= 4 is 11.8 Å². The third-order valence-electron chi connectivity index (χ3n) is 14.7. The quantitative estimate of drug-likeness (QED) is 0.0925. The van der Waals surface area contributed by atoms with E-state index in [9.17, 15) is 19.8 Å². The van der Waals surface area contributed by atoms with Gasteiger partial charge in [0.05, 0.1) is 61.3 Å². The van der Waals surface area contributed by atoms with Crippen LogP contribution in [0.1, 0.15) is 117 Å². The average Bonchev–Trinajstić information content (AvgIpc) is 3.94. The molecule has 0 radical (unpaired) electrons. The van der Waals surface area contributed by atoms with Crippen molar-refractivity contribution in [1.82, 2.24) is 30.6 Å². The molecule has 3 aliphatic heterocycles. The molecule has 6 aliphatic rings. The van der Waals surface area contributed by atoms with Gasteiger partial charge in [-0.15, -0.1) is 0 Å². The van der Waals surface area contributed by atoms with Gasteiger partial charge in [-0.25, -0.2) is 9.97 Å². The zero-order valence-corrected chi connectivity index (χ0v) is 35.2. The van der Waals surface area contributed by atoms with Crippen LogP contribution in [0, 0.1) is 28.1 Å². The van der Waals surface area contributed by atoms with Gasteiger partial charge in [0.2, 0.25) is 0 Å². The predicted molar refractivity (Wildman–Crippen MR) is 223 cm³/mol. The number of benzene rings is 2. The third kappa shape index (κ3) is 6.39. The molecule has 3 saturated carbocycles. The second-order valence-electron chi connectivity index (χ2n) is 20.1. The Bertz CT molecular complexity index is 2190. The molecular formula is C47H60N6O6. The van der Waals surface area contributed by atoms with Crippen molar-refractivity contribution in [3.8, 4) is 33.6 Å². The number of carbonyl (C=O) groups excluding carboxylic acids is 2. The molecule has 2 aromatic carbocycles. The number of nitrogens with zero attached hydrogens (tertiary/aromatic N) is 2. The van der Waals surface area contributed by atoms with Crippen LogP contribution in [0.5, 0.6) is 0 Å². The number of H-pyrrole nitrogens is 2. The van der Waals surface area contributed by atoms with E-state index in [1.807, 2.05) is 6.20 Å². The molecule has 3 aliphatic carbocycles. The van der Waals surface area contributed by atoms with Gasteiger partial charge in [0.15, 0.2) is 11.2 Å². The van der Waals surface area contributed by atoms with E-state index in [-0.39, 0.29) is 59.4 Å². The number of aromatic nitrogens is 4. The van der Waals surface area contributed by atoms with Gasteiger partial charge in [0, 0.05) is 5.41 Å². The van der Waals surface area contributed by atoms with Crippen LogP contribution in [0.15, 0.2) is 60.9 Å². The zero-order chi connectivity index (χ0) is 41.5. The Balaban J connectivity index is 0.874. The van der Waals surface area contributed by atoms with E-state index in [2.05, 4.69) is 111 Å². The van der Waals surface area contributed by atoms with Crippen LogP contribution in [-0.2, 0) is 19.1 Å². The highest BCUT2D eigenvalue weighted by atomic mass is 16.6. The number of carbonyl (C=O) groups is 2. The van der Waals surface area contributed by atoms with Gasteiger partial charge in [-0.05, 0) is 96.3 Å². The van der Waals surface area contributed by atoms with Crippen LogP contribution in [0.3, 0.4) is 0 Å². The Morgan fingerprint density at radius 2 is 1.17 bits per heavy atom. The molecular weight excluding hydrogens is 745 g/mol. The third-order valence-corrected chi connectivity index (χ3v) is 14.7. The Morgan fingerprint density at radius 3 is 1.58 bits per heavy atom. The lowest BCUT2D eigenvalue weighted by Gasteiger charge is -2.66. The Kier molecular flexibility index (Phi) is 9.77. The van der Waals surface area contributed by atoms with Crippen LogP contribution in [0.25, 0.3) is 33.6 Å². The van der Waals surface area contributed by atoms with Crippen LogP contribution in [0.4, 0.5) is 0 Å². The first-order valence-electron chi connectivity index (χ1n) is 21.6. The summed E-state index contributed by atoms with van der Waals surface area (Å²) in [7, 11) is 0. The summed E-state index contributed by atoms with van der Waals surface area (Å²) in [5.74, 6) is 1.26. The molecule has 5 unspecified atom stereocenters. The van der Waals surface area contributed by atoms with Crippen molar-refractivity contribution in [2.75, 3.05) is 13.2 Å². The van der Waals surface area contributed by atoms with Crippen molar-refractivity contribution in [3.63, 3.8) is 0 Å². The van der Waals surface area contributed by atoms with Gasteiger partial charge in [-0.1, -0.05) is 90.1 Å². The molecule has 12 nitrogen and oxygen atoms in total. The highest BCUT2D eigenvalue weighted by Gasteiger charge is 2.78.